The standard InChI is InChI=1S/C19H17BrFN3O/c1-24-11-10-22-19(24)18(15-4-2-3-5-16(15)21)23-17(25)12-13-6-8-14(20)9-7-13/h2-11,18H,12H2,1H3,(H,23,25). The molecular formula is C19H17BrFN3O. The summed E-state index contributed by atoms with van der Waals surface area (Å²) in [6.45, 7) is 0. The van der Waals surface area contributed by atoms with Crippen molar-refractivity contribution in [2.24, 2.45) is 7.05 Å². The number of benzene rings is 2. The summed E-state index contributed by atoms with van der Waals surface area (Å²) in [5, 5.41) is 2.91. The van der Waals surface area contributed by atoms with E-state index in [1.54, 1.807) is 35.2 Å². The molecule has 1 heterocycles. The van der Waals surface area contributed by atoms with Crippen LogP contribution in [0, 0.1) is 5.82 Å². The number of aromatic nitrogens is 2. The van der Waals surface area contributed by atoms with Gasteiger partial charge in [0.2, 0.25) is 5.91 Å². The van der Waals surface area contributed by atoms with Crippen molar-refractivity contribution in [1.29, 1.82) is 0 Å². The molecule has 0 aliphatic carbocycles. The fraction of sp³-hybridized carbons (Fsp3) is 0.158. The van der Waals surface area contributed by atoms with Gasteiger partial charge in [-0.2, -0.15) is 0 Å². The lowest BCUT2D eigenvalue weighted by atomic mass is 10.0. The number of carbonyl (C=O) groups is 1. The van der Waals surface area contributed by atoms with E-state index < -0.39 is 6.04 Å². The zero-order valence-electron chi connectivity index (χ0n) is 13.6. The molecule has 128 valence electrons. The van der Waals surface area contributed by atoms with Crippen LogP contribution in [0.5, 0.6) is 0 Å². The molecule has 1 amide bonds. The van der Waals surface area contributed by atoms with E-state index in [0.29, 0.717) is 11.4 Å². The summed E-state index contributed by atoms with van der Waals surface area (Å²) in [6, 6.07) is 13.3. The normalized spacial score (nSPS) is 12.0. The summed E-state index contributed by atoms with van der Waals surface area (Å²) in [5.74, 6) is 0.00673. The molecule has 0 saturated carbocycles. The summed E-state index contributed by atoms with van der Waals surface area (Å²) in [5.41, 5.74) is 1.27. The van der Waals surface area contributed by atoms with Crippen molar-refractivity contribution < 1.29 is 9.18 Å². The number of hydrogen-bond donors (Lipinski definition) is 1. The molecule has 1 unspecified atom stereocenters. The number of halogens is 2. The molecule has 3 aromatic rings. The number of nitrogens with one attached hydrogen (secondary N) is 1. The number of aryl methyl sites for hydroxylation is 1. The van der Waals surface area contributed by atoms with Crippen molar-refractivity contribution >= 4 is 21.8 Å². The summed E-state index contributed by atoms with van der Waals surface area (Å²) in [4.78, 5) is 16.8. The number of amides is 1. The molecule has 3 rings (SSSR count). The lowest BCUT2D eigenvalue weighted by molar-refractivity contribution is -0.121. The van der Waals surface area contributed by atoms with Crippen LogP contribution in [0.1, 0.15) is 23.0 Å². The Bertz CT molecular complexity index is 876. The zero-order chi connectivity index (χ0) is 17.8. The first-order valence-electron chi connectivity index (χ1n) is 7.80. The SMILES string of the molecule is Cn1ccnc1C(NC(=O)Cc1ccc(Br)cc1)c1ccccc1F. The van der Waals surface area contributed by atoms with Gasteiger partial charge >= 0.3 is 0 Å². The molecule has 1 aromatic heterocycles. The van der Waals surface area contributed by atoms with Crippen molar-refractivity contribution in [2.45, 2.75) is 12.5 Å². The molecule has 0 spiro atoms. The van der Waals surface area contributed by atoms with Crippen LogP contribution in [0.4, 0.5) is 4.39 Å². The van der Waals surface area contributed by atoms with Crippen LogP contribution in [0.25, 0.3) is 0 Å². The van der Waals surface area contributed by atoms with Gasteiger partial charge in [-0.25, -0.2) is 9.37 Å². The third-order valence-electron chi connectivity index (χ3n) is 3.92. The maximum Gasteiger partial charge on any atom is 0.225 e. The van der Waals surface area contributed by atoms with Crippen LogP contribution < -0.4 is 5.32 Å². The second kappa shape index (κ2) is 7.61. The van der Waals surface area contributed by atoms with Gasteiger partial charge in [0.1, 0.15) is 17.7 Å². The minimum absolute atomic E-state index is 0.196. The van der Waals surface area contributed by atoms with Gasteiger partial charge in [0, 0.05) is 29.5 Å². The average Bonchev–Trinajstić information content (AvgIpc) is 3.01. The van der Waals surface area contributed by atoms with E-state index in [-0.39, 0.29) is 18.1 Å². The maximum absolute atomic E-state index is 14.3. The molecule has 1 N–H and O–H groups in total. The predicted octanol–water partition coefficient (Wildman–Crippen LogP) is 3.77. The Labute approximate surface area is 153 Å². The highest BCUT2D eigenvalue weighted by Gasteiger charge is 2.23. The second-order valence-corrected chi connectivity index (χ2v) is 6.64. The quantitative estimate of drug-likeness (QED) is 0.707. The minimum Gasteiger partial charge on any atom is -0.342 e. The van der Waals surface area contributed by atoms with E-state index in [4.69, 9.17) is 0 Å². The molecule has 4 nitrogen and oxygen atoms in total. The molecule has 0 aliphatic rings. The lowest BCUT2D eigenvalue weighted by Gasteiger charge is -2.19. The molecule has 0 bridgehead atoms. The first-order valence-corrected chi connectivity index (χ1v) is 8.59. The number of rotatable bonds is 5. The predicted molar refractivity (Wildman–Crippen MR) is 97.4 cm³/mol. The molecule has 1 atom stereocenters. The van der Waals surface area contributed by atoms with E-state index in [1.165, 1.54) is 6.07 Å². The van der Waals surface area contributed by atoms with Gasteiger partial charge in [0.25, 0.3) is 0 Å². The second-order valence-electron chi connectivity index (χ2n) is 5.72. The van der Waals surface area contributed by atoms with Gasteiger partial charge < -0.3 is 9.88 Å². The Morgan fingerprint density at radius 1 is 1.24 bits per heavy atom. The van der Waals surface area contributed by atoms with Gasteiger partial charge in [-0.15, -0.1) is 0 Å². The van der Waals surface area contributed by atoms with Crippen LogP contribution in [0.2, 0.25) is 0 Å². The first kappa shape index (κ1) is 17.4. The van der Waals surface area contributed by atoms with Crippen LogP contribution >= 0.6 is 15.9 Å². The number of carbonyl (C=O) groups excluding carboxylic acids is 1. The fourth-order valence-corrected chi connectivity index (χ4v) is 2.91. The molecule has 25 heavy (non-hydrogen) atoms. The summed E-state index contributed by atoms with van der Waals surface area (Å²) >= 11 is 3.37. The smallest absolute Gasteiger partial charge is 0.225 e. The van der Waals surface area contributed by atoms with E-state index in [1.807, 2.05) is 31.3 Å². The Balaban J connectivity index is 1.85. The topological polar surface area (TPSA) is 46.9 Å². The molecule has 6 heteroatoms. The van der Waals surface area contributed by atoms with Crippen molar-refractivity contribution in [2.75, 3.05) is 0 Å². The van der Waals surface area contributed by atoms with E-state index >= 15 is 0 Å². The van der Waals surface area contributed by atoms with Crippen LogP contribution in [0.3, 0.4) is 0 Å². The third-order valence-corrected chi connectivity index (χ3v) is 4.44. The van der Waals surface area contributed by atoms with E-state index in [2.05, 4.69) is 26.2 Å². The molecular weight excluding hydrogens is 385 g/mol. The molecule has 0 saturated heterocycles. The number of nitrogens with zero attached hydrogens (tertiary/aromatic N) is 2. The fourth-order valence-electron chi connectivity index (χ4n) is 2.65. The summed E-state index contributed by atoms with van der Waals surface area (Å²) in [7, 11) is 1.82. The van der Waals surface area contributed by atoms with Gasteiger partial charge in [0.05, 0.1) is 6.42 Å². The van der Waals surface area contributed by atoms with Crippen molar-refractivity contribution in [1.82, 2.24) is 14.9 Å². The minimum atomic E-state index is -0.649. The van der Waals surface area contributed by atoms with Gasteiger partial charge in [0.15, 0.2) is 0 Å². The highest BCUT2D eigenvalue weighted by atomic mass is 79.9. The number of imidazole rings is 1. The van der Waals surface area contributed by atoms with Crippen molar-refractivity contribution in [3.8, 4) is 0 Å². The average molecular weight is 402 g/mol. The monoisotopic (exact) mass is 401 g/mol. The van der Waals surface area contributed by atoms with Gasteiger partial charge in [-0.1, -0.05) is 46.3 Å². The van der Waals surface area contributed by atoms with Crippen LogP contribution in [0.15, 0.2) is 65.4 Å². The highest BCUT2D eigenvalue weighted by Crippen LogP contribution is 2.23. The molecule has 2 aromatic carbocycles. The summed E-state index contributed by atoms with van der Waals surface area (Å²) < 4.78 is 17.0. The van der Waals surface area contributed by atoms with Crippen LogP contribution in [-0.2, 0) is 18.3 Å². The van der Waals surface area contributed by atoms with Gasteiger partial charge in [-0.05, 0) is 23.8 Å². The number of hydrogen-bond acceptors (Lipinski definition) is 2. The maximum atomic E-state index is 14.3. The van der Waals surface area contributed by atoms with E-state index in [0.717, 1.165) is 10.0 Å². The Morgan fingerprint density at radius 3 is 2.60 bits per heavy atom. The Hall–Kier alpha value is -2.47. The van der Waals surface area contributed by atoms with E-state index in [9.17, 15) is 9.18 Å². The largest absolute Gasteiger partial charge is 0.342 e. The lowest BCUT2D eigenvalue weighted by Crippen LogP contribution is -2.32. The zero-order valence-corrected chi connectivity index (χ0v) is 15.2. The third kappa shape index (κ3) is 4.14. The van der Waals surface area contributed by atoms with Crippen molar-refractivity contribution in [3.63, 3.8) is 0 Å². The Kier molecular flexibility index (Phi) is 5.28. The van der Waals surface area contributed by atoms with Crippen LogP contribution in [-0.4, -0.2) is 15.5 Å². The highest BCUT2D eigenvalue weighted by molar-refractivity contribution is 9.10. The molecule has 0 aliphatic heterocycles. The molecule has 0 radical (unpaired) electrons. The van der Waals surface area contributed by atoms with Crippen molar-refractivity contribution in [3.05, 3.63) is 88.2 Å². The first-order chi connectivity index (χ1) is 12.0. The Morgan fingerprint density at radius 2 is 1.96 bits per heavy atom. The summed E-state index contributed by atoms with van der Waals surface area (Å²) in [6.07, 6.45) is 3.61. The molecule has 0 fully saturated rings. The van der Waals surface area contributed by atoms with Gasteiger partial charge in [-0.3, -0.25) is 4.79 Å².